The first-order valence-corrected chi connectivity index (χ1v) is 13.6. The molecule has 0 spiro atoms. The number of nitrogens with one attached hydrogen (secondary N) is 1. The van der Waals surface area contributed by atoms with E-state index in [0.717, 1.165) is 103 Å². The van der Waals surface area contributed by atoms with Crippen LogP contribution in [0, 0.1) is 0 Å². The van der Waals surface area contributed by atoms with Gasteiger partial charge in [-0.2, -0.15) is 15.3 Å². The highest BCUT2D eigenvalue weighted by Crippen LogP contribution is 2.39. The Hall–Kier alpha value is -4.42. The van der Waals surface area contributed by atoms with Gasteiger partial charge in [0.2, 0.25) is 5.95 Å². The van der Waals surface area contributed by atoms with Crippen LogP contribution in [0.4, 0.5) is 11.6 Å². The van der Waals surface area contributed by atoms with Crippen LogP contribution in [0.15, 0.2) is 49.3 Å². The van der Waals surface area contributed by atoms with Crippen molar-refractivity contribution < 1.29 is 4.74 Å². The molecule has 0 amide bonds. The van der Waals surface area contributed by atoms with E-state index in [1.54, 1.807) is 4.68 Å². The van der Waals surface area contributed by atoms with Crippen LogP contribution in [0.3, 0.4) is 0 Å². The fraction of sp³-hybridized carbons (Fsp3) is 0.357. The number of morpholine rings is 1. The molecule has 0 bridgehead atoms. The van der Waals surface area contributed by atoms with Gasteiger partial charge in [0, 0.05) is 75.2 Å². The van der Waals surface area contributed by atoms with Gasteiger partial charge in [-0.25, -0.2) is 9.97 Å². The van der Waals surface area contributed by atoms with Gasteiger partial charge in [0.05, 0.1) is 60.6 Å². The Morgan fingerprint density at radius 1 is 0.900 bits per heavy atom. The zero-order chi connectivity index (χ0) is 27.1. The molecule has 12 heteroatoms. The molecular weight excluding hydrogens is 506 g/mol. The van der Waals surface area contributed by atoms with Crippen molar-refractivity contribution in [3.63, 3.8) is 0 Å². The minimum atomic E-state index is 0.541. The first-order chi connectivity index (χ1) is 19.6. The number of hydrogen-bond acceptors (Lipinski definition) is 9. The van der Waals surface area contributed by atoms with Crippen molar-refractivity contribution in [2.75, 3.05) is 38.2 Å². The Morgan fingerprint density at radius 2 is 1.80 bits per heavy atom. The molecule has 0 atom stereocenters. The van der Waals surface area contributed by atoms with Crippen molar-refractivity contribution in [2.24, 2.45) is 14.1 Å². The molecule has 5 aromatic rings. The lowest BCUT2D eigenvalue weighted by Gasteiger charge is -2.26. The highest BCUT2D eigenvalue weighted by Gasteiger charge is 2.27. The molecule has 5 aromatic heterocycles. The van der Waals surface area contributed by atoms with Crippen LogP contribution in [0.25, 0.3) is 33.8 Å². The van der Waals surface area contributed by atoms with Crippen molar-refractivity contribution in [1.82, 2.24) is 49.2 Å². The standard InChI is InChI=1S/C28H31N11O/c1-36-17-21(15-31-36)23-5-4-20(14-29-23)27-25-24(35-37(27)2)6-3-19-13-30-28(34-26(19)25)33-22-16-32-39(18-22)8-7-38-9-11-40-12-10-38/h4-5,13-18H,3,6-12H2,1-2H3,(H,30,33,34). The molecule has 1 aliphatic heterocycles. The quantitative estimate of drug-likeness (QED) is 0.334. The molecular formula is C28H31N11O. The second-order valence-electron chi connectivity index (χ2n) is 10.3. The maximum absolute atomic E-state index is 5.44. The fourth-order valence-corrected chi connectivity index (χ4v) is 5.46. The molecule has 0 radical (unpaired) electrons. The van der Waals surface area contributed by atoms with E-state index in [1.165, 1.54) is 0 Å². The van der Waals surface area contributed by atoms with Crippen LogP contribution in [-0.2, 0) is 38.2 Å². The summed E-state index contributed by atoms with van der Waals surface area (Å²) in [5.74, 6) is 0.541. The van der Waals surface area contributed by atoms with Gasteiger partial charge in [0.15, 0.2) is 0 Å². The topological polar surface area (TPSA) is 117 Å². The summed E-state index contributed by atoms with van der Waals surface area (Å²) in [6, 6.07) is 4.12. The largest absolute Gasteiger partial charge is 0.379 e. The lowest BCUT2D eigenvalue weighted by molar-refractivity contribution is 0.0360. The number of anilines is 2. The number of rotatable bonds is 7. The average molecular weight is 538 g/mol. The monoisotopic (exact) mass is 537 g/mol. The van der Waals surface area contributed by atoms with Gasteiger partial charge in [-0.3, -0.25) is 23.9 Å². The Kier molecular flexibility index (Phi) is 6.33. The minimum Gasteiger partial charge on any atom is -0.379 e. The lowest BCUT2D eigenvalue weighted by Crippen LogP contribution is -2.38. The van der Waals surface area contributed by atoms with Crippen molar-refractivity contribution in [2.45, 2.75) is 19.4 Å². The lowest BCUT2D eigenvalue weighted by atomic mass is 9.92. The van der Waals surface area contributed by atoms with E-state index in [4.69, 9.17) is 19.8 Å². The summed E-state index contributed by atoms with van der Waals surface area (Å²) in [6.07, 6.45) is 13.1. The number of fused-ring (bicyclic) bond motifs is 3. The SMILES string of the molecule is Cn1cc(-c2ccc(-c3c4c(nn3C)CCc3cnc(Nc5cnn(CCN6CCOCC6)c5)nc3-4)cn2)cn1. The number of aromatic nitrogens is 9. The first-order valence-electron chi connectivity index (χ1n) is 13.6. The van der Waals surface area contributed by atoms with Gasteiger partial charge >= 0.3 is 0 Å². The normalized spacial score (nSPS) is 15.2. The third-order valence-corrected chi connectivity index (χ3v) is 7.53. The molecule has 6 heterocycles. The number of ether oxygens (including phenoxy) is 1. The molecule has 40 heavy (non-hydrogen) atoms. The molecule has 12 nitrogen and oxygen atoms in total. The summed E-state index contributed by atoms with van der Waals surface area (Å²) >= 11 is 0. The Labute approximate surface area is 231 Å². The van der Waals surface area contributed by atoms with Gasteiger partial charge in [-0.05, 0) is 30.5 Å². The third kappa shape index (κ3) is 4.75. The van der Waals surface area contributed by atoms with E-state index in [0.29, 0.717) is 5.95 Å². The molecule has 1 N–H and O–H groups in total. The molecule has 0 unspecified atom stereocenters. The Balaban J connectivity index is 1.14. The van der Waals surface area contributed by atoms with Gasteiger partial charge in [0.1, 0.15) is 0 Å². The zero-order valence-corrected chi connectivity index (χ0v) is 22.7. The van der Waals surface area contributed by atoms with Crippen molar-refractivity contribution in [3.8, 4) is 33.8 Å². The molecule has 2 aliphatic rings. The number of hydrogen-bond donors (Lipinski definition) is 1. The van der Waals surface area contributed by atoms with E-state index in [9.17, 15) is 0 Å². The van der Waals surface area contributed by atoms with E-state index in [1.807, 2.05) is 66.7 Å². The highest BCUT2D eigenvalue weighted by molar-refractivity contribution is 5.84. The highest BCUT2D eigenvalue weighted by atomic mass is 16.5. The number of nitrogens with zero attached hydrogens (tertiary/aromatic N) is 10. The summed E-state index contributed by atoms with van der Waals surface area (Å²) in [7, 11) is 3.88. The summed E-state index contributed by atoms with van der Waals surface area (Å²) in [4.78, 5) is 16.7. The van der Waals surface area contributed by atoms with Gasteiger partial charge in [0.25, 0.3) is 0 Å². The van der Waals surface area contributed by atoms with Crippen LogP contribution >= 0.6 is 0 Å². The van der Waals surface area contributed by atoms with Crippen LogP contribution in [0.1, 0.15) is 11.3 Å². The summed E-state index contributed by atoms with van der Waals surface area (Å²) in [5.41, 5.74) is 8.85. The summed E-state index contributed by atoms with van der Waals surface area (Å²) < 4.78 is 11.1. The van der Waals surface area contributed by atoms with Crippen LogP contribution in [0.5, 0.6) is 0 Å². The minimum absolute atomic E-state index is 0.541. The zero-order valence-electron chi connectivity index (χ0n) is 22.7. The average Bonchev–Trinajstić information content (AvgIpc) is 3.71. The molecule has 7 rings (SSSR count). The summed E-state index contributed by atoms with van der Waals surface area (Å²) in [5, 5.41) is 17.0. The van der Waals surface area contributed by atoms with Crippen molar-refractivity contribution in [3.05, 3.63) is 60.6 Å². The molecule has 1 saturated heterocycles. The Bertz CT molecular complexity index is 1640. The molecule has 1 fully saturated rings. The third-order valence-electron chi connectivity index (χ3n) is 7.53. The van der Waals surface area contributed by atoms with Crippen molar-refractivity contribution in [1.29, 1.82) is 0 Å². The predicted molar refractivity (Wildman–Crippen MR) is 150 cm³/mol. The number of pyridine rings is 1. The fourth-order valence-electron chi connectivity index (χ4n) is 5.46. The Morgan fingerprint density at radius 3 is 2.60 bits per heavy atom. The van der Waals surface area contributed by atoms with E-state index in [2.05, 4.69) is 31.5 Å². The first kappa shape index (κ1) is 24.6. The maximum Gasteiger partial charge on any atom is 0.227 e. The van der Waals surface area contributed by atoms with Crippen molar-refractivity contribution >= 4 is 11.6 Å². The molecule has 204 valence electrons. The second kappa shape index (κ2) is 10.3. The predicted octanol–water partition coefficient (Wildman–Crippen LogP) is 2.71. The van der Waals surface area contributed by atoms with Gasteiger partial charge in [-0.15, -0.1) is 0 Å². The van der Waals surface area contributed by atoms with E-state index < -0.39 is 0 Å². The van der Waals surface area contributed by atoms with E-state index in [-0.39, 0.29) is 0 Å². The number of aryl methyl sites for hydroxylation is 4. The van der Waals surface area contributed by atoms with Crippen LogP contribution in [-0.4, -0.2) is 82.0 Å². The molecule has 0 aromatic carbocycles. The summed E-state index contributed by atoms with van der Waals surface area (Å²) in [6.45, 7) is 5.31. The van der Waals surface area contributed by atoms with Gasteiger partial charge < -0.3 is 10.1 Å². The maximum atomic E-state index is 5.44. The van der Waals surface area contributed by atoms with Crippen LogP contribution in [0.2, 0.25) is 0 Å². The molecule has 1 aliphatic carbocycles. The van der Waals surface area contributed by atoms with Crippen LogP contribution < -0.4 is 5.32 Å². The smallest absolute Gasteiger partial charge is 0.227 e. The second-order valence-corrected chi connectivity index (χ2v) is 10.3. The van der Waals surface area contributed by atoms with Gasteiger partial charge in [-0.1, -0.05) is 0 Å². The van der Waals surface area contributed by atoms with E-state index >= 15 is 0 Å². The molecule has 0 saturated carbocycles.